The minimum absolute atomic E-state index is 0.454. The highest BCUT2D eigenvalue weighted by atomic mass is 16.5. The molecule has 146 valence electrons. The first-order chi connectivity index (χ1) is 13.8. The van der Waals surface area contributed by atoms with Gasteiger partial charge in [-0.25, -0.2) is 14.6 Å². The van der Waals surface area contributed by atoms with Gasteiger partial charge in [-0.05, 0) is 25.0 Å². The van der Waals surface area contributed by atoms with Gasteiger partial charge in [-0.15, -0.1) is 0 Å². The third-order valence-corrected chi connectivity index (χ3v) is 5.59. The summed E-state index contributed by atoms with van der Waals surface area (Å²) in [4.78, 5) is 11.9. The summed E-state index contributed by atoms with van der Waals surface area (Å²) in [6, 6.07) is 10.0. The second kappa shape index (κ2) is 7.85. The highest BCUT2D eigenvalue weighted by Gasteiger charge is 2.24. The summed E-state index contributed by atoms with van der Waals surface area (Å²) in [5.74, 6) is 3.25. The Morgan fingerprint density at radius 3 is 2.71 bits per heavy atom. The molecule has 1 saturated heterocycles. The van der Waals surface area contributed by atoms with Crippen molar-refractivity contribution in [1.82, 2.24) is 24.6 Å². The molecule has 0 aliphatic carbocycles. The molecule has 0 N–H and O–H groups in total. The van der Waals surface area contributed by atoms with E-state index >= 15 is 0 Å². The largest absolute Gasteiger partial charge is 0.444 e. The number of ether oxygens (including phenoxy) is 1. The molecule has 5 rings (SSSR count). The minimum atomic E-state index is 0.454. The molecular formula is C21H25N5O2. The number of oxazole rings is 1. The molecule has 0 atom stereocenters. The fourth-order valence-corrected chi connectivity index (χ4v) is 3.97. The van der Waals surface area contributed by atoms with Crippen molar-refractivity contribution in [2.45, 2.75) is 38.3 Å². The Hall–Kier alpha value is -2.51. The van der Waals surface area contributed by atoms with Crippen molar-refractivity contribution >= 4 is 0 Å². The quantitative estimate of drug-likeness (QED) is 0.694. The zero-order chi connectivity index (χ0) is 18.8. The van der Waals surface area contributed by atoms with Gasteiger partial charge in [-0.1, -0.05) is 18.2 Å². The van der Waals surface area contributed by atoms with Gasteiger partial charge in [0.05, 0.1) is 12.2 Å². The Morgan fingerprint density at radius 2 is 1.86 bits per heavy atom. The van der Waals surface area contributed by atoms with Gasteiger partial charge in [0.15, 0.2) is 5.82 Å². The highest BCUT2D eigenvalue weighted by molar-refractivity contribution is 5.52. The van der Waals surface area contributed by atoms with E-state index in [9.17, 15) is 0 Å². The number of hydrogen-bond acceptors (Lipinski definition) is 6. The van der Waals surface area contributed by atoms with Gasteiger partial charge >= 0.3 is 0 Å². The van der Waals surface area contributed by atoms with E-state index in [0.29, 0.717) is 11.8 Å². The minimum Gasteiger partial charge on any atom is -0.444 e. The Balaban J connectivity index is 1.22. The van der Waals surface area contributed by atoms with Gasteiger partial charge in [0, 0.05) is 50.8 Å². The van der Waals surface area contributed by atoms with Crippen LogP contribution in [-0.4, -0.2) is 51.0 Å². The van der Waals surface area contributed by atoms with Crippen LogP contribution < -0.4 is 0 Å². The Kier molecular flexibility index (Phi) is 4.93. The van der Waals surface area contributed by atoms with E-state index in [4.69, 9.17) is 19.2 Å². The zero-order valence-corrected chi connectivity index (χ0v) is 16.0. The lowest BCUT2D eigenvalue weighted by Gasteiger charge is -2.19. The molecule has 0 amide bonds. The van der Waals surface area contributed by atoms with Crippen molar-refractivity contribution in [2.75, 3.05) is 26.3 Å². The molecule has 4 heterocycles. The molecule has 0 saturated carbocycles. The number of aromatic nitrogens is 4. The van der Waals surface area contributed by atoms with Crippen LogP contribution in [0.15, 0.2) is 41.0 Å². The first-order valence-electron chi connectivity index (χ1n) is 10.1. The smallest absolute Gasteiger partial charge is 0.226 e. The molecule has 2 aromatic heterocycles. The number of rotatable bonds is 4. The van der Waals surface area contributed by atoms with Gasteiger partial charge in [0.1, 0.15) is 12.1 Å². The first-order valence-corrected chi connectivity index (χ1v) is 10.1. The first kappa shape index (κ1) is 17.6. The number of fused-ring (bicyclic) bond motifs is 1. The number of benzene rings is 1. The maximum absolute atomic E-state index is 5.68. The molecule has 7 nitrogen and oxygen atoms in total. The molecule has 2 aliphatic rings. The zero-order valence-electron chi connectivity index (χ0n) is 16.0. The van der Waals surface area contributed by atoms with Crippen LogP contribution in [0, 0.1) is 0 Å². The fraction of sp³-hybridized carbons (Fsp3) is 0.476. The Bertz CT molecular complexity index is 889. The summed E-state index contributed by atoms with van der Waals surface area (Å²) in [7, 11) is 0. The average molecular weight is 379 g/mol. The third kappa shape index (κ3) is 3.72. The Labute approximate surface area is 164 Å². The van der Waals surface area contributed by atoms with Gasteiger partial charge in [-0.2, -0.15) is 5.10 Å². The summed E-state index contributed by atoms with van der Waals surface area (Å²) < 4.78 is 13.2. The molecule has 1 fully saturated rings. The third-order valence-electron chi connectivity index (χ3n) is 5.59. The molecule has 0 unspecified atom stereocenters. The number of nitrogens with zero attached hydrogens (tertiary/aromatic N) is 5. The van der Waals surface area contributed by atoms with Crippen molar-refractivity contribution in [3.05, 3.63) is 53.9 Å². The molecule has 0 radical (unpaired) electrons. The highest BCUT2D eigenvalue weighted by Crippen LogP contribution is 2.25. The summed E-state index contributed by atoms with van der Waals surface area (Å²) in [5.41, 5.74) is 1.98. The normalized spacial score (nSPS) is 18.7. The topological polar surface area (TPSA) is 69.2 Å². The summed E-state index contributed by atoms with van der Waals surface area (Å²) in [6.07, 6.45) is 4.75. The van der Waals surface area contributed by atoms with E-state index in [1.165, 1.54) is 0 Å². The van der Waals surface area contributed by atoms with Crippen molar-refractivity contribution < 1.29 is 9.15 Å². The van der Waals surface area contributed by atoms with Crippen LogP contribution in [0.25, 0.3) is 11.5 Å². The lowest BCUT2D eigenvalue weighted by molar-refractivity contribution is 0.0835. The number of hydrogen-bond donors (Lipinski definition) is 0. The molecule has 1 aromatic carbocycles. The van der Waals surface area contributed by atoms with Crippen LogP contribution in [0.2, 0.25) is 0 Å². The van der Waals surface area contributed by atoms with Gasteiger partial charge < -0.3 is 9.15 Å². The second-order valence-corrected chi connectivity index (χ2v) is 7.53. The predicted molar refractivity (Wildman–Crippen MR) is 104 cm³/mol. The van der Waals surface area contributed by atoms with E-state index in [2.05, 4.69) is 14.6 Å². The maximum atomic E-state index is 5.68. The van der Waals surface area contributed by atoms with Gasteiger partial charge in [0.25, 0.3) is 0 Å². The summed E-state index contributed by atoms with van der Waals surface area (Å²) in [6.45, 7) is 5.20. The summed E-state index contributed by atoms with van der Waals surface area (Å²) in [5, 5.41) is 4.81. The molecule has 28 heavy (non-hydrogen) atoms. The van der Waals surface area contributed by atoms with Crippen molar-refractivity contribution in [3.8, 4) is 11.5 Å². The van der Waals surface area contributed by atoms with Crippen molar-refractivity contribution in [3.63, 3.8) is 0 Å². The Morgan fingerprint density at radius 1 is 1.00 bits per heavy atom. The lowest BCUT2D eigenvalue weighted by Crippen LogP contribution is -2.27. The van der Waals surface area contributed by atoms with Gasteiger partial charge in [0.2, 0.25) is 5.89 Å². The van der Waals surface area contributed by atoms with Crippen LogP contribution in [0.1, 0.15) is 36.1 Å². The SMILES string of the molecule is c1ccc(-c2nc(CN3CCc4nc(C5CCOCC5)nn4CC3)co2)cc1. The predicted octanol–water partition coefficient (Wildman–Crippen LogP) is 2.89. The summed E-state index contributed by atoms with van der Waals surface area (Å²) >= 11 is 0. The lowest BCUT2D eigenvalue weighted by atomic mass is 10.00. The molecular weight excluding hydrogens is 354 g/mol. The van der Waals surface area contributed by atoms with Crippen molar-refractivity contribution in [2.24, 2.45) is 0 Å². The monoisotopic (exact) mass is 379 g/mol. The van der Waals surface area contributed by atoms with E-state index < -0.39 is 0 Å². The molecule has 0 spiro atoms. The van der Waals surface area contributed by atoms with Crippen LogP contribution >= 0.6 is 0 Å². The second-order valence-electron chi connectivity index (χ2n) is 7.53. The van der Waals surface area contributed by atoms with Gasteiger partial charge in [-0.3, -0.25) is 4.90 Å². The van der Waals surface area contributed by atoms with E-state index in [1.54, 1.807) is 6.26 Å². The molecule has 2 aliphatic heterocycles. The average Bonchev–Trinajstić information content (AvgIpc) is 3.34. The van der Waals surface area contributed by atoms with Crippen LogP contribution in [0.4, 0.5) is 0 Å². The standard InChI is InChI=1S/C21H25N5O2/c1-2-4-17(5-3-1)21-22-18(15-28-21)14-25-9-6-19-23-20(24-26(19)11-10-25)16-7-12-27-13-8-16/h1-5,15-16H,6-14H2. The van der Waals surface area contributed by atoms with Crippen LogP contribution in [0.5, 0.6) is 0 Å². The van der Waals surface area contributed by atoms with Crippen LogP contribution in [-0.2, 0) is 24.2 Å². The maximum Gasteiger partial charge on any atom is 0.226 e. The molecule has 0 bridgehead atoms. The fourth-order valence-electron chi connectivity index (χ4n) is 3.97. The molecule has 3 aromatic rings. The van der Waals surface area contributed by atoms with Crippen LogP contribution in [0.3, 0.4) is 0 Å². The van der Waals surface area contributed by atoms with E-state index in [0.717, 1.165) is 81.6 Å². The van der Waals surface area contributed by atoms with Crippen molar-refractivity contribution in [1.29, 1.82) is 0 Å². The van der Waals surface area contributed by atoms with E-state index in [-0.39, 0.29) is 0 Å². The molecule has 7 heteroatoms. The van der Waals surface area contributed by atoms with E-state index in [1.807, 2.05) is 30.3 Å².